The van der Waals surface area contributed by atoms with Gasteiger partial charge in [0.1, 0.15) is 11.3 Å². The van der Waals surface area contributed by atoms with Gasteiger partial charge in [-0.05, 0) is 48.4 Å². The molecular weight excluding hydrogens is 344 g/mol. The smallest absolute Gasteiger partial charge is 0.335 e. The number of imide groups is 2. The molecule has 0 spiro atoms. The fraction of sp³-hybridized carbons (Fsp3) is 0.0556. The van der Waals surface area contributed by atoms with Crippen molar-refractivity contribution >= 4 is 41.2 Å². The third-order valence-electron chi connectivity index (χ3n) is 3.69. The Morgan fingerprint density at radius 1 is 1.12 bits per heavy atom. The molecule has 0 saturated carbocycles. The molecule has 2 aromatic rings. The van der Waals surface area contributed by atoms with Gasteiger partial charge in [0.15, 0.2) is 0 Å². The highest BCUT2D eigenvalue weighted by Gasteiger charge is 2.37. The fourth-order valence-corrected chi connectivity index (χ4v) is 2.65. The van der Waals surface area contributed by atoms with Crippen LogP contribution in [-0.2, 0) is 9.59 Å². The van der Waals surface area contributed by atoms with E-state index in [1.54, 1.807) is 31.2 Å². The van der Waals surface area contributed by atoms with E-state index < -0.39 is 17.8 Å². The number of benzene rings is 2. The van der Waals surface area contributed by atoms with E-state index in [4.69, 9.17) is 11.6 Å². The number of amides is 4. The molecule has 25 heavy (non-hydrogen) atoms. The van der Waals surface area contributed by atoms with Crippen LogP contribution in [0.1, 0.15) is 11.1 Å². The van der Waals surface area contributed by atoms with Gasteiger partial charge in [-0.25, -0.2) is 9.69 Å². The molecule has 1 aliphatic heterocycles. The number of phenols is 1. The summed E-state index contributed by atoms with van der Waals surface area (Å²) in [5, 5.41) is 12.0. The normalized spacial score (nSPS) is 16.3. The first-order chi connectivity index (χ1) is 11.9. The number of carbonyl (C=O) groups excluding carboxylic acids is 3. The molecule has 126 valence electrons. The van der Waals surface area contributed by atoms with Crippen molar-refractivity contribution in [3.8, 4) is 5.75 Å². The zero-order valence-electron chi connectivity index (χ0n) is 13.1. The molecule has 0 radical (unpaired) electrons. The van der Waals surface area contributed by atoms with Crippen LogP contribution in [-0.4, -0.2) is 23.0 Å². The molecule has 0 atom stereocenters. The van der Waals surface area contributed by atoms with Crippen LogP contribution in [0.5, 0.6) is 5.75 Å². The van der Waals surface area contributed by atoms with Gasteiger partial charge < -0.3 is 5.11 Å². The monoisotopic (exact) mass is 356 g/mol. The van der Waals surface area contributed by atoms with Crippen LogP contribution >= 0.6 is 11.6 Å². The van der Waals surface area contributed by atoms with Gasteiger partial charge in [0.2, 0.25) is 0 Å². The minimum Gasteiger partial charge on any atom is -0.508 e. The van der Waals surface area contributed by atoms with Gasteiger partial charge in [-0.3, -0.25) is 14.9 Å². The summed E-state index contributed by atoms with van der Waals surface area (Å²) in [5.74, 6) is -1.56. The third kappa shape index (κ3) is 3.25. The quantitative estimate of drug-likeness (QED) is 0.639. The van der Waals surface area contributed by atoms with Crippen LogP contribution in [0.4, 0.5) is 10.5 Å². The average Bonchev–Trinajstić information content (AvgIpc) is 2.54. The zero-order valence-corrected chi connectivity index (χ0v) is 13.9. The number of urea groups is 1. The van der Waals surface area contributed by atoms with E-state index in [-0.39, 0.29) is 11.3 Å². The summed E-state index contributed by atoms with van der Waals surface area (Å²) >= 11 is 5.96. The van der Waals surface area contributed by atoms with E-state index in [9.17, 15) is 19.5 Å². The highest BCUT2D eigenvalue weighted by Crippen LogP contribution is 2.28. The minimum atomic E-state index is -0.839. The lowest BCUT2D eigenvalue weighted by Gasteiger charge is -2.27. The van der Waals surface area contributed by atoms with Gasteiger partial charge in [0.05, 0.1) is 5.69 Å². The topological polar surface area (TPSA) is 86.7 Å². The van der Waals surface area contributed by atoms with Crippen LogP contribution < -0.4 is 10.2 Å². The van der Waals surface area contributed by atoms with E-state index in [1.807, 2.05) is 0 Å². The number of anilines is 1. The second-order valence-electron chi connectivity index (χ2n) is 5.48. The van der Waals surface area contributed by atoms with E-state index in [0.717, 1.165) is 4.90 Å². The molecule has 3 rings (SSSR count). The van der Waals surface area contributed by atoms with Crippen LogP contribution in [0.25, 0.3) is 6.08 Å². The molecule has 1 saturated heterocycles. The summed E-state index contributed by atoms with van der Waals surface area (Å²) in [5.41, 5.74) is 1.18. The van der Waals surface area contributed by atoms with Crippen molar-refractivity contribution in [2.45, 2.75) is 6.92 Å². The lowest BCUT2D eigenvalue weighted by molar-refractivity contribution is -0.122. The summed E-state index contributed by atoms with van der Waals surface area (Å²) in [6, 6.07) is 10.0. The Morgan fingerprint density at radius 3 is 2.60 bits per heavy atom. The van der Waals surface area contributed by atoms with Crippen LogP contribution in [0.2, 0.25) is 5.02 Å². The van der Waals surface area contributed by atoms with Crippen molar-refractivity contribution in [1.82, 2.24) is 5.32 Å². The number of nitrogens with zero attached hydrogens (tertiary/aromatic N) is 1. The maximum absolute atomic E-state index is 12.8. The molecule has 6 nitrogen and oxygen atoms in total. The van der Waals surface area contributed by atoms with Crippen molar-refractivity contribution in [2.24, 2.45) is 0 Å². The van der Waals surface area contributed by atoms with Crippen LogP contribution in [0.3, 0.4) is 0 Å². The molecule has 4 amide bonds. The van der Waals surface area contributed by atoms with Gasteiger partial charge >= 0.3 is 6.03 Å². The van der Waals surface area contributed by atoms with Gasteiger partial charge in [-0.2, -0.15) is 0 Å². The SMILES string of the molecule is Cc1ccc(Cl)cc1N1C(=O)NC(=O)/C(=C/c2cccc(O)c2)C1=O. The Balaban J connectivity index is 2.07. The standard InChI is InChI=1S/C18H13ClN2O4/c1-10-5-6-12(19)9-15(10)21-17(24)14(16(23)20-18(21)25)8-11-3-2-4-13(22)7-11/h2-9,22H,1H3,(H,20,23,25)/b14-8-. The molecule has 1 fully saturated rings. The Morgan fingerprint density at radius 2 is 1.88 bits per heavy atom. The molecule has 2 N–H and O–H groups in total. The van der Waals surface area contributed by atoms with E-state index >= 15 is 0 Å². The summed E-state index contributed by atoms with van der Waals surface area (Å²) in [6.45, 7) is 1.72. The molecular formula is C18H13ClN2O4. The number of halogens is 1. The van der Waals surface area contributed by atoms with E-state index in [2.05, 4.69) is 5.32 Å². The number of phenolic OH excluding ortho intramolecular Hbond substituents is 1. The first-order valence-electron chi connectivity index (χ1n) is 7.33. The second kappa shape index (κ2) is 6.41. The zero-order chi connectivity index (χ0) is 18.1. The van der Waals surface area contributed by atoms with Gasteiger partial charge in [0, 0.05) is 5.02 Å². The first-order valence-corrected chi connectivity index (χ1v) is 7.71. The predicted molar refractivity (Wildman–Crippen MR) is 93.3 cm³/mol. The van der Waals surface area contributed by atoms with Gasteiger partial charge in [0.25, 0.3) is 11.8 Å². The first kappa shape index (κ1) is 16.7. The van der Waals surface area contributed by atoms with Crippen LogP contribution in [0.15, 0.2) is 48.0 Å². The minimum absolute atomic E-state index is 0.00312. The molecule has 0 aromatic heterocycles. The summed E-state index contributed by atoms with van der Waals surface area (Å²) in [6.07, 6.45) is 1.32. The van der Waals surface area contributed by atoms with E-state index in [0.29, 0.717) is 21.8 Å². The number of aromatic hydroxyl groups is 1. The average molecular weight is 357 g/mol. The predicted octanol–water partition coefficient (Wildman–Crippen LogP) is 3.02. The number of carbonyl (C=O) groups is 3. The summed E-state index contributed by atoms with van der Waals surface area (Å²) in [4.78, 5) is 37.9. The highest BCUT2D eigenvalue weighted by molar-refractivity contribution is 6.39. The summed E-state index contributed by atoms with van der Waals surface area (Å²) < 4.78 is 0. The van der Waals surface area contributed by atoms with Crippen molar-refractivity contribution in [2.75, 3.05) is 4.90 Å². The Kier molecular flexibility index (Phi) is 4.29. The molecule has 1 heterocycles. The number of hydrogen-bond acceptors (Lipinski definition) is 4. The number of barbiturate groups is 1. The lowest BCUT2D eigenvalue weighted by atomic mass is 10.1. The van der Waals surface area contributed by atoms with Crippen molar-refractivity contribution in [1.29, 1.82) is 0 Å². The molecule has 0 unspecified atom stereocenters. The molecule has 0 bridgehead atoms. The molecule has 2 aromatic carbocycles. The van der Waals surface area contributed by atoms with Gasteiger partial charge in [-0.15, -0.1) is 0 Å². The highest BCUT2D eigenvalue weighted by atomic mass is 35.5. The largest absolute Gasteiger partial charge is 0.508 e. The molecule has 1 aliphatic rings. The number of nitrogens with one attached hydrogen (secondary N) is 1. The maximum Gasteiger partial charge on any atom is 0.335 e. The van der Waals surface area contributed by atoms with E-state index in [1.165, 1.54) is 24.3 Å². The number of hydrogen-bond donors (Lipinski definition) is 2. The Labute approximate surface area is 148 Å². The second-order valence-corrected chi connectivity index (χ2v) is 5.92. The Hall–Kier alpha value is -3.12. The number of aryl methyl sites for hydroxylation is 1. The summed E-state index contributed by atoms with van der Waals surface area (Å²) in [7, 11) is 0. The third-order valence-corrected chi connectivity index (χ3v) is 3.93. The molecule has 0 aliphatic carbocycles. The van der Waals surface area contributed by atoms with Crippen molar-refractivity contribution < 1.29 is 19.5 Å². The van der Waals surface area contributed by atoms with Crippen molar-refractivity contribution in [3.05, 3.63) is 64.2 Å². The fourth-order valence-electron chi connectivity index (χ4n) is 2.48. The van der Waals surface area contributed by atoms with Gasteiger partial charge in [-0.1, -0.05) is 29.8 Å². The molecule has 7 heteroatoms. The maximum atomic E-state index is 12.8. The Bertz CT molecular complexity index is 936. The van der Waals surface area contributed by atoms with Crippen LogP contribution in [0, 0.1) is 6.92 Å². The number of rotatable bonds is 2. The lowest BCUT2D eigenvalue weighted by Crippen LogP contribution is -2.54. The van der Waals surface area contributed by atoms with Crippen molar-refractivity contribution in [3.63, 3.8) is 0 Å².